The monoisotopic (exact) mass is 646 g/mol. The molecule has 7 nitrogen and oxygen atoms in total. The van der Waals surface area contributed by atoms with Gasteiger partial charge in [-0.2, -0.15) is 0 Å². The summed E-state index contributed by atoms with van der Waals surface area (Å²) in [7, 11) is 0. The largest absolute Gasteiger partial charge is 0.459 e. The van der Waals surface area contributed by atoms with E-state index in [0.717, 1.165) is 37.8 Å². The number of ketones is 1. The quantitative estimate of drug-likeness (QED) is 0.316. The van der Waals surface area contributed by atoms with E-state index in [0.29, 0.717) is 63.3 Å². The molecule has 1 amide bonds. The first-order chi connectivity index (χ1) is 22.4. The molecule has 9 heteroatoms. The van der Waals surface area contributed by atoms with E-state index >= 15 is 0 Å². The van der Waals surface area contributed by atoms with Gasteiger partial charge in [0.1, 0.15) is 0 Å². The fourth-order valence-electron chi connectivity index (χ4n) is 11.4. The van der Waals surface area contributed by atoms with Gasteiger partial charge in [-0.25, -0.2) is 8.78 Å². The van der Waals surface area contributed by atoms with Gasteiger partial charge in [-0.05, 0) is 92.5 Å². The Morgan fingerprint density at radius 3 is 2.38 bits per heavy atom. The number of halogens is 2. The number of amides is 1. The topological polar surface area (TPSA) is 94.2 Å². The van der Waals surface area contributed by atoms with Crippen LogP contribution in [-0.4, -0.2) is 76.1 Å². The summed E-state index contributed by atoms with van der Waals surface area (Å²) in [6, 6.07) is 6.78. The molecule has 47 heavy (non-hydrogen) atoms. The molecule has 1 aromatic carbocycles. The third-order valence-electron chi connectivity index (χ3n) is 14.0. The van der Waals surface area contributed by atoms with Crippen molar-refractivity contribution in [3.63, 3.8) is 0 Å². The number of hydrogen-bond acceptors (Lipinski definition) is 6. The van der Waals surface area contributed by atoms with Crippen molar-refractivity contribution in [3.05, 3.63) is 83.4 Å². The molecule has 250 valence electrons. The standard InChI is InChI=1S/C38H44F2N2O5/c1-34-10-7-25(43)21-36(34)13-14-38(26(22-36)32(44)24-5-6-27(39)28(40)20-24)30(34)8-11-35(2)31(38)9-12-37(35,46)23-41-15-17-42(18-16-41)33(45)29-4-3-19-47-29/h3-6,13-14,19-20,22,25,30-31,43,46H,7-12,15-18,21,23H2,1-2H3/t25?,30-,31-,34-,35+,36+,37-,38-/m1/s1. The van der Waals surface area contributed by atoms with Crippen molar-refractivity contribution in [1.82, 2.24) is 9.80 Å². The van der Waals surface area contributed by atoms with E-state index in [1.165, 1.54) is 12.3 Å². The summed E-state index contributed by atoms with van der Waals surface area (Å²) in [6.07, 6.45) is 12.6. The highest BCUT2D eigenvalue weighted by Crippen LogP contribution is 2.78. The first kappa shape index (κ1) is 31.1. The fourth-order valence-corrected chi connectivity index (χ4v) is 11.4. The Bertz CT molecular complexity index is 1680. The number of allylic oxidation sites excluding steroid dienone is 4. The van der Waals surface area contributed by atoms with Gasteiger partial charge in [-0.15, -0.1) is 0 Å². The number of aliphatic hydroxyl groups excluding tert-OH is 1. The van der Waals surface area contributed by atoms with Gasteiger partial charge in [-0.1, -0.05) is 32.1 Å². The maximum atomic E-state index is 14.5. The number of carbonyl (C=O) groups is 2. The van der Waals surface area contributed by atoms with Crippen LogP contribution in [0.15, 0.2) is 64.8 Å². The van der Waals surface area contributed by atoms with Crippen LogP contribution >= 0.6 is 0 Å². The third-order valence-corrected chi connectivity index (χ3v) is 14.0. The summed E-state index contributed by atoms with van der Waals surface area (Å²) < 4.78 is 33.8. The predicted molar refractivity (Wildman–Crippen MR) is 170 cm³/mol. The van der Waals surface area contributed by atoms with Crippen LogP contribution in [0.1, 0.15) is 79.7 Å². The Kier molecular flexibility index (Phi) is 6.91. The average molecular weight is 647 g/mol. The van der Waals surface area contributed by atoms with Gasteiger partial charge in [0.2, 0.25) is 0 Å². The molecule has 2 aromatic rings. The molecule has 4 fully saturated rings. The summed E-state index contributed by atoms with van der Waals surface area (Å²) in [5, 5.41) is 23.6. The lowest BCUT2D eigenvalue weighted by atomic mass is 9.32. The lowest BCUT2D eigenvalue weighted by Gasteiger charge is -2.71. The molecule has 6 aliphatic carbocycles. The molecule has 2 heterocycles. The molecular formula is C38H44F2N2O5. The molecule has 1 aliphatic heterocycles. The van der Waals surface area contributed by atoms with Crippen LogP contribution in [0.5, 0.6) is 0 Å². The highest BCUT2D eigenvalue weighted by molar-refractivity contribution is 6.10. The van der Waals surface area contributed by atoms with E-state index in [2.05, 4.69) is 37.0 Å². The van der Waals surface area contributed by atoms with Gasteiger partial charge in [0.15, 0.2) is 23.2 Å². The molecule has 2 bridgehead atoms. The van der Waals surface area contributed by atoms with E-state index in [4.69, 9.17) is 4.42 Å². The number of benzene rings is 1. The number of hydrogen-bond donors (Lipinski definition) is 2. The van der Waals surface area contributed by atoms with Gasteiger partial charge in [0, 0.05) is 60.1 Å². The summed E-state index contributed by atoms with van der Waals surface area (Å²) in [5.41, 5.74) is -2.14. The Balaban J connectivity index is 1.13. The second kappa shape index (κ2) is 10.4. The SMILES string of the molecule is C[C@]12CC[C@H]3[C@]4(C=C[C@@]5(C=C4C(=O)c4ccc(F)c(F)c4)CC(O)CC[C@]35C)[C@@H]1CC[C@@]2(O)CN1CCN(C(=O)c2ccco2)CC1. The Morgan fingerprint density at radius 2 is 1.66 bits per heavy atom. The number of piperazine rings is 1. The molecule has 1 aromatic heterocycles. The zero-order valence-corrected chi connectivity index (χ0v) is 27.2. The summed E-state index contributed by atoms with van der Waals surface area (Å²) in [5.74, 6) is -2.05. The first-order valence-electron chi connectivity index (χ1n) is 17.2. The Hall–Kier alpha value is -3.14. The van der Waals surface area contributed by atoms with Crippen LogP contribution < -0.4 is 0 Å². The van der Waals surface area contributed by atoms with Crippen LogP contribution in [0.4, 0.5) is 8.78 Å². The number of carbonyl (C=O) groups excluding carboxylic acids is 2. The van der Waals surface area contributed by atoms with Gasteiger partial charge in [0.25, 0.3) is 5.91 Å². The second-order valence-electron chi connectivity index (χ2n) is 15.8. The van der Waals surface area contributed by atoms with Gasteiger partial charge in [0.05, 0.1) is 18.0 Å². The fraction of sp³-hybridized carbons (Fsp3) is 0.579. The molecule has 1 unspecified atom stereocenters. The smallest absolute Gasteiger partial charge is 0.289 e. The maximum absolute atomic E-state index is 14.5. The van der Waals surface area contributed by atoms with Crippen LogP contribution in [-0.2, 0) is 0 Å². The van der Waals surface area contributed by atoms with Crippen molar-refractivity contribution < 1.29 is 33.0 Å². The summed E-state index contributed by atoms with van der Waals surface area (Å²) in [4.78, 5) is 31.5. The highest BCUT2D eigenvalue weighted by atomic mass is 19.2. The minimum Gasteiger partial charge on any atom is -0.459 e. The van der Waals surface area contributed by atoms with E-state index in [-0.39, 0.29) is 34.5 Å². The number of furan rings is 1. The van der Waals surface area contributed by atoms with E-state index in [1.807, 2.05) is 0 Å². The van der Waals surface area contributed by atoms with Crippen LogP contribution in [0.2, 0.25) is 0 Å². The Labute approximate surface area is 274 Å². The second-order valence-corrected chi connectivity index (χ2v) is 15.8. The van der Waals surface area contributed by atoms with E-state index in [1.54, 1.807) is 17.0 Å². The lowest BCUT2D eigenvalue weighted by molar-refractivity contribution is -0.176. The number of Topliss-reactive ketones (excluding diaryl/α,β-unsaturated/α-hetero) is 1. The van der Waals surface area contributed by atoms with Crippen molar-refractivity contribution in [2.24, 2.45) is 33.5 Å². The lowest BCUT2D eigenvalue weighted by Crippen LogP contribution is -2.67. The first-order valence-corrected chi connectivity index (χ1v) is 17.2. The van der Waals surface area contributed by atoms with Crippen molar-refractivity contribution in [2.75, 3.05) is 32.7 Å². The van der Waals surface area contributed by atoms with E-state index in [9.17, 15) is 28.6 Å². The number of nitrogens with zero attached hydrogens (tertiary/aromatic N) is 2. The molecule has 7 aliphatic rings. The van der Waals surface area contributed by atoms with Gasteiger partial charge < -0.3 is 19.5 Å². The van der Waals surface area contributed by atoms with Crippen molar-refractivity contribution in [1.29, 1.82) is 0 Å². The molecule has 2 N–H and O–H groups in total. The van der Waals surface area contributed by atoms with Crippen LogP contribution in [0, 0.1) is 45.1 Å². The normalized spacial score (nSPS) is 40.9. The molecule has 2 spiro atoms. The third kappa shape index (κ3) is 4.18. The number of fused-ring (bicyclic) bond motifs is 1. The predicted octanol–water partition coefficient (Wildman–Crippen LogP) is 5.79. The van der Waals surface area contributed by atoms with Crippen LogP contribution in [0.25, 0.3) is 0 Å². The zero-order valence-electron chi connectivity index (χ0n) is 27.2. The van der Waals surface area contributed by atoms with Crippen LogP contribution in [0.3, 0.4) is 0 Å². The zero-order chi connectivity index (χ0) is 33.0. The molecule has 3 saturated carbocycles. The minimum absolute atomic E-state index is 0.0423. The maximum Gasteiger partial charge on any atom is 0.289 e. The van der Waals surface area contributed by atoms with Crippen molar-refractivity contribution in [2.45, 2.75) is 70.5 Å². The van der Waals surface area contributed by atoms with Gasteiger partial charge >= 0.3 is 0 Å². The number of β-amino-alcohol motifs (C(OH)–C–C–N with tert-alkyl or cyclic N) is 1. The van der Waals surface area contributed by atoms with Gasteiger partial charge in [-0.3, -0.25) is 14.5 Å². The minimum atomic E-state index is -1.05. The van der Waals surface area contributed by atoms with E-state index < -0.39 is 39.6 Å². The molecule has 9 rings (SSSR count). The molecule has 1 saturated heterocycles. The number of rotatable bonds is 5. The summed E-state index contributed by atoms with van der Waals surface area (Å²) >= 11 is 0. The average Bonchev–Trinajstić information content (AvgIpc) is 3.68. The molecular weight excluding hydrogens is 602 g/mol. The number of aliphatic hydroxyl groups is 2. The van der Waals surface area contributed by atoms with Crippen molar-refractivity contribution in [3.8, 4) is 0 Å². The highest BCUT2D eigenvalue weighted by Gasteiger charge is 2.74. The summed E-state index contributed by atoms with van der Waals surface area (Å²) in [6.45, 7) is 7.39. The molecule has 8 atom stereocenters. The van der Waals surface area contributed by atoms with Crippen molar-refractivity contribution >= 4 is 11.7 Å². The Morgan fingerprint density at radius 1 is 0.936 bits per heavy atom. The molecule has 0 radical (unpaired) electrons.